The zero-order valence-corrected chi connectivity index (χ0v) is 40.7. The number of esters is 2. The molecule has 0 aromatic rings. The highest BCUT2D eigenvalue weighted by molar-refractivity contribution is 7.47. The Balaban J connectivity index is 2.40. The van der Waals surface area contributed by atoms with E-state index in [1.165, 1.54) is 96.3 Å². The van der Waals surface area contributed by atoms with Gasteiger partial charge in [0.05, 0.1) is 6.61 Å². The number of aliphatic hydroxyl groups is 5. The van der Waals surface area contributed by atoms with Crippen LogP contribution in [0.15, 0.2) is 72.9 Å². The SMILES string of the molecule is CC/C=C/C=C/C=C/C=C/C=C/CCCC(=O)OC(COC(=O)CCCCCCCCC/C=C/CCCCCCCCCCCCCC)COP(=O)(O)OC1C(O)C(O)C(O)[C@H](O)C1O. The van der Waals surface area contributed by atoms with E-state index in [1.54, 1.807) is 0 Å². The molecule has 8 atom stereocenters. The van der Waals surface area contributed by atoms with Gasteiger partial charge in [-0.15, -0.1) is 0 Å². The van der Waals surface area contributed by atoms with Gasteiger partial charge in [0.15, 0.2) is 6.10 Å². The molecule has 0 amide bonds. The van der Waals surface area contributed by atoms with Gasteiger partial charge in [-0.1, -0.05) is 189 Å². The number of hydrogen-bond donors (Lipinski definition) is 6. The Bertz CT molecular complexity index is 1410. The monoisotopic (exact) mass is 939 g/mol. The van der Waals surface area contributed by atoms with Gasteiger partial charge in [0.25, 0.3) is 0 Å². The molecule has 1 rings (SSSR count). The molecule has 1 saturated carbocycles. The van der Waals surface area contributed by atoms with Gasteiger partial charge in [0.1, 0.15) is 43.2 Å². The van der Waals surface area contributed by atoms with E-state index in [0.29, 0.717) is 19.3 Å². The maximum absolute atomic E-state index is 12.8. The van der Waals surface area contributed by atoms with Gasteiger partial charge >= 0.3 is 19.8 Å². The molecule has 13 nitrogen and oxygen atoms in total. The highest BCUT2D eigenvalue weighted by Crippen LogP contribution is 2.47. The van der Waals surface area contributed by atoms with Gasteiger partial charge in [0.2, 0.25) is 0 Å². The van der Waals surface area contributed by atoms with Gasteiger partial charge < -0.3 is 39.9 Å². The summed E-state index contributed by atoms with van der Waals surface area (Å²) in [6.07, 6.45) is 38.4. The average molecular weight is 939 g/mol. The third kappa shape index (κ3) is 32.6. The Kier molecular flexibility index (Phi) is 37.5. The van der Waals surface area contributed by atoms with E-state index in [9.17, 15) is 44.6 Å². The Labute approximate surface area is 391 Å². The summed E-state index contributed by atoms with van der Waals surface area (Å²) in [6, 6.07) is 0. The van der Waals surface area contributed by atoms with Crippen LogP contribution >= 0.6 is 7.82 Å². The summed E-state index contributed by atoms with van der Waals surface area (Å²) < 4.78 is 33.5. The van der Waals surface area contributed by atoms with Gasteiger partial charge in [-0.3, -0.25) is 18.6 Å². The van der Waals surface area contributed by atoms with Crippen LogP contribution in [0.1, 0.15) is 181 Å². The van der Waals surface area contributed by atoms with Gasteiger partial charge in [-0.25, -0.2) is 4.57 Å². The van der Waals surface area contributed by atoms with Crippen molar-refractivity contribution in [1.29, 1.82) is 0 Å². The highest BCUT2D eigenvalue weighted by Gasteiger charge is 2.51. The second-order valence-corrected chi connectivity index (χ2v) is 18.5. The summed E-state index contributed by atoms with van der Waals surface area (Å²) in [5.41, 5.74) is 0. The Morgan fingerprint density at radius 2 is 0.908 bits per heavy atom. The lowest BCUT2D eigenvalue weighted by atomic mass is 9.85. The first-order valence-electron chi connectivity index (χ1n) is 24.8. The molecule has 374 valence electrons. The quantitative estimate of drug-likeness (QED) is 0.0111. The van der Waals surface area contributed by atoms with Crippen molar-refractivity contribution in [3.8, 4) is 0 Å². The van der Waals surface area contributed by atoms with E-state index in [4.69, 9.17) is 18.5 Å². The Hall–Kier alpha value is -2.71. The highest BCUT2D eigenvalue weighted by atomic mass is 31.2. The molecule has 1 fully saturated rings. The molecule has 1 aliphatic rings. The lowest BCUT2D eigenvalue weighted by Gasteiger charge is -2.41. The first-order chi connectivity index (χ1) is 31.4. The first kappa shape index (κ1) is 60.3. The molecule has 0 aliphatic heterocycles. The fraction of sp³-hybridized carbons (Fsp3) is 0.725. The minimum atomic E-state index is -5.14. The van der Waals surface area contributed by atoms with Crippen LogP contribution in [0.5, 0.6) is 0 Å². The smallest absolute Gasteiger partial charge is 0.462 e. The number of aliphatic hydroxyl groups excluding tert-OH is 5. The zero-order chi connectivity index (χ0) is 47.8. The van der Waals surface area contributed by atoms with Crippen LogP contribution in [0.3, 0.4) is 0 Å². The Morgan fingerprint density at radius 1 is 0.492 bits per heavy atom. The summed E-state index contributed by atoms with van der Waals surface area (Å²) >= 11 is 0. The number of carbonyl (C=O) groups is 2. The molecule has 65 heavy (non-hydrogen) atoms. The van der Waals surface area contributed by atoms with Crippen LogP contribution in [0.25, 0.3) is 0 Å². The van der Waals surface area contributed by atoms with Crippen LogP contribution in [0.4, 0.5) is 0 Å². The molecule has 0 aromatic heterocycles. The van der Waals surface area contributed by atoms with Crippen LogP contribution in [-0.2, 0) is 32.7 Å². The number of ether oxygens (including phenoxy) is 2. The molecule has 0 spiro atoms. The number of rotatable bonds is 40. The number of phosphoric acid groups is 1. The third-order valence-electron chi connectivity index (χ3n) is 11.2. The second kappa shape index (κ2) is 40.4. The van der Waals surface area contributed by atoms with Crippen LogP contribution in [-0.4, -0.2) is 98.3 Å². The van der Waals surface area contributed by atoms with Crippen molar-refractivity contribution in [3.63, 3.8) is 0 Å². The molecular formula is C51H87O13P. The molecule has 0 bridgehead atoms. The van der Waals surface area contributed by atoms with Crippen molar-refractivity contribution < 1.29 is 63.1 Å². The van der Waals surface area contributed by atoms with E-state index in [1.807, 2.05) is 54.7 Å². The molecule has 0 radical (unpaired) electrons. The largest absolute Gasteiger partial charge is 0.472 e. The molecule has 6 N–H and O–H groups in total. The number of phosphoric ester groups is 1. The maximum atomic E-state index is 12.8. The standard InChI is InChI=1S/C51H87O13P/c1-3-5-7-9-11-13-15-17-18-19-20-21-22-23-24-25-26-28-29-31-33-35-37-39-44(52)61-41-43(42-62-65(59,60)64-51-49(57)47(55)46(54)48(56)50(51)58)63-45(53)40-38-36-34-32-30-27-16-14-12-10-8-6-4-2/h6,8,10,12,14,16,23-24,27,30,32,34,43,46-51,54-58H,3-5,7,9,11,13,15,17-22,25-26,28-29,31,33,35-42H2,1-2H3,(H,59,60)/b8-6+,12-10+,16-14+,24-23+,30-27+,34-32+/t43?,46?,47-,48?,49?,50?,51?/m0/s1. The molecule has 7 unspecified atom stereocenters. The van der Waals surface area contributed by atoms with Crippen molar-refractivity contribution in [1.82, 2.24) is 0 Å². The minimum Gasteiger partial charge on any atom is -0.462 e. The maximum Gasteiger partial charge on any atom is 0.472 e. The van der Waals surface area contributed by atoms with Crippen LogP contribution < -0.4 is 0 Å². The van der Waals surface area contributed by atoms with Crippen molar-refractivity contribution in [2.24, 2.45) is 0 Å². The Morgan fingerprint density at radius 3 is 1.42 bits per heavy atom. The van der Waals surface area contributed by atoms with Gasteiger partial charge in [-0.05, 0) is 51.4 Å². The summed E-state index contributed by atoms with van der Waals surface area (Å²) in [6.45, 7) is 3.09. The zero-order valence-electron chi connectivity index (χ0n) is 39.8. The molecular weight excluding hydrogens is 852 g/mol. The summed E-state index contributed by atoms with van der Waals surface area (Å²) in [5.74, 6) is -1.19. The average Bonchev–Trinajstić information content (AvgIpc) is 3.29. The fourth-order valence-corrected chi connectivity index (χ4v) is 8.17. The minimum absolute atomic E-state index is 0.00344. The summed E-state index contributed by atoms with van der Waals surface area (Å²) in [7, 11) is -5.14. The lowest BCUT2D eigenvalue weighted by Crippen LogP contribution is -2.64. The predicted molar refractivity (Wildman–Crippen MR) is 258 cm³/mol. The van der Waals surface area contributed by atoms with Crippen LogP contribution in [0.2, 0.25) is 0 Å². The summed E-state index contributed by atoms with van der Waals surface area (Å²) in [5, 5.41) is 50.2. The second-order valence-electron chi connectivity index (χ2n) is 17.1. The first-order valence-corrected chi connectivity index (χ1v) is 26.3. The molecule has 1 aliphatic carbocycles. The third-order valence-corrected chi connectivity index (χ3v) is 12.1. The van der Waals surface area contributed by atoms with E-state index < -0.39 is 75.7 Å². The molecule has 0 heterocycles. The van der Waals surface area contributed by atoms with E-state index in [0.717, 1.165) is 38.5 Å². The number of carbonyl (C=O) groups excluding carboxylic acids is 2. The molecule has 14 heteroatoms. The van der Waals surface area contributed by atoms with Crippen molar-refractivity contribution in [3.05, 3.63) is 72.9 Å². The van der Waals surface area contributed by atoms with Gasteiger partial charge in [0, 0.05) is 12.8 Å². The van der Waals surface area contributed by atoms with Gasteiger partial charge in [-0.2, -0.15) is 0 Å². The van der Waals surface area contributed by atoms with E-state index in [-0.39, 0.29) is 12.8 Å². The topological polar surface area (TPSA) is 210 Å². The normalized spacial score (nSPS) is 22.0. The number of unbranched alkanes of at least 4 members (excludes halogenated alkanes) is 20. The van der Waals surface area contributed by atoms with Crippen molar-refractivity contribution in [2.75, 3.05) is 13.2 Å². The molecule has 0 saturated heterocycles. The molecule has 0 aromatic carbocycles. The lowest BCUT2D eigenvalue weighted by molar-refractivity contribution is -0.220. The van der Waals surface area contributed by atoms with Crippen molar-refractivity contribution in [2.45, 2.75) is 224 Å². The van der Waals surface area contributed by atoms with Crippen molar-refractivity contribution >= 4 is 19.8 Å². The number of allylic oxidation sites excluding steroid dienone is 12. The predicted octanol–water partition coefficient (Wildman–Crippen LogP) is 10.3. The summed E-state index contributed by atoms with van der Waals surface area (Å²) in [4.78, 5) is 35.7. The number of hydrogen-bond acceptors (Lipinski definition) is 12. The van der Waals surface area contributed by atoms with Crippen LogP contribution in [0, 0.1) is 0 Å². The fourth-order valence-electron chi connectivity index (χ4n) is 7.19. The van der Waals surface area contributed by atoms with E-state index in [2.05, 4.69) is 32.1 Å². The van der Waals surface area contributed by atoms with E-state index >= 15 is 0 Å².